The van der Waals surface area contributed by atoms with Crippen molar-refractivity contribution in [2.24, 2.45) is 4.99 Å². The third-order valence-electron chi connectivity index (χ3n) is 2.54. The Morgan fingerprint density at radius 1 is 1.44 bits per heavy atom. The maximum atomic E-state index is 13.5. The Morgan fingerprint density at radius 2 is 2.33 bits per heavy atom. The summed E-state index contributed by atoms with van der Waals surface area (Å²) in [5, 5.41) is 3.88. The fraction of sp³-hybridized carbons (Fsp3) is 0.167. The van der Waals surface area contributed by atoms with Crippen LogP contribution >= 0.6 is 23.1 Å². The van der Waals surface area contributed by atoms with Crippen molar-refractivity contribution in [1.82, 2.24) is 5.32 Å². The summed E-state index contributed by atoms with van der Waals surface area (Å²) in [6, 6.07) is 6.44. The van der Waals surface area contributed by atoms with Gasteiger partial charge in [-0.1, -0.05) is 17.8 Å². The summed E-state index contributed by atoms with van der Waals surface area (Å²) in [6.07, 6.45) is 0. The van der Waals surface area contributed by atoms with E-state index in [4.69, 9.17) is 0 Å². The molecule has 1 aromatic heterocycles. The topological polar surface area (TPSA) is 41.5 Å². The van der Waals surface area contributed by atoms with Crippen molar-refractivity contribution < 1.29 is 9.18 Å². The number of hydrogen-bond donors (Lipinski definition) is 1. The van der Waals surface area contributed by atoms with Crippen LogP contribution in [0.4, 0.5) is 4.39 Å². The van der Waals surface area contributed by atoms with E-state index in [1.165, 1.54) is 29.2 Å². The van der Waals surface area contributed by atoms with Gasteiger partial charge in [0.2, 0.25) is 0 Å². The molecular formula is C12H9FN2OS2. The Kier molecular flexibility index (Phi) is 3.05. The van der Waals surface area contributed by atoms with Crippen LogP contribution in [0, 0.1) is 5.82 Å². The van der Waals surface area contributed by atoms with Crippen LogP contribution in [0.2, 0.25) is 0 Å². The molecule has 0 bridgehead atoms. The molecule has 0 radical (unpaired) electrons. The van der Waals surface area contributed by atoms with Gasteiger partial charge in [-0.05, 0) is 18.2 Å². The van der Waals surface area contributed by atoms with Gasteiger partial charge in [0.1, 0.15) is 5.82 Å². The number of thiophene rings is 1. The normalized spacial score (nSPS) is 14.8. The fourth-order valence-electron chi connectivity index (χ4n) is 1.71. The molecule has 3 rings (SSSR count). The minimum Gasteiger partial charge on any atom is -0.301 e. The highest BCUT2D eigenvalue weighted by Gasteiger charge is 2.15. The predicted molar refractivity (Wildman–Crippen MR) is 74.0 cm³/mol. The second kappa shape index (κ2) is 4.70. The average Bonchev–Trinajstić information content (AvgIpc) is 2.97. The summed E-state index contributed by atoms with van der Waals surface area (Å²) in [5.74, 6) is 0.385. The van der Waals surface area contributed by atoms with Gasteiger partial charge in [0, 0.05) is 15.8 Å². The molecule has 0 fully saturated rings. The molecule has 1 aliphatic rings. The van der Waals surface area contributed by atoms with Crippen LogP contribution in [-0.2, 0) is 0 Å². The van der Waals surface area contributed by atoms with E-state index in [0.717, 1.165) is 17.0 Å². The lowest BCUT2D eigenvalue weighted by Crippen LogP contribution is -2.26. The molecule has 3 nitrogen and oxygen atoms in total. The maximum absolute atomic E-state index is 13.5. The van der Waals surface area contributed by atoms with Crippen molar-refractivity contribution in [1.29, 1.82) is 0 Å². The first kappa shape index (κ1) is 11.7. The number of carbonyl (C=O) groups is 1. The number of halogens is 1. The Labute approximate surface area is 111 Å². The van der Waals surface area contributed by atoms with Crippen LogP contribution < -0.4 is 5.32 Å². The molecule has 0 unspecified atom stereocenters. The number of nitrogens with one attached hydrogen (secondary N) is 1. The summed E-state index contributed by atoms with van der Waals surface area (Å²) >= 11 is 2.81. The number of aliphatic imine (C=N–C) groups is 1. The molecule has 2 heterocycles. The largest absolute Gasteiger partial charge is 0.301 e. The smallest absolute Gasteiger partial charge is 0.267 e. The number of hydrogen-bond acceptors (Lipinski definition) is 4. The number of carbonyl (C=O) groups excluding carboxylic acids is 1. The van der Waals surface area contributed by atoms with Crippen molar-refractivity contribution in [2.75, 3.05) is 12.3 Å². The number of thioether (sulfide) groups is 1. The van der Waals surface area contributed by atoms with Crippen LogP contribution in [0.25, 0.3) is 10.1 Å². The molecular weight excluding hydrogens is 271 g/mol. The van der Waals surface area contributed by atoms with E-state index in [1.54, 1.807) is 12.1 Å². The summed E-state index contributed by atoms with van der Waals surface area (Å²) in [6.45, 7) is 0.737. The molecule has 1 N–H and O–H groups in total. The molecule has 1 aromatic carbocycles. The van der Waals surface area contributed by atoms with Crippen molar-refractivity contribution in [2.45, 2.75) is 0 Å². The van der Waals surface area contributed by atoms with Gasteiger partial charge in [-0.3, -0.25) is 9.79 Å². The predicted octanol–water partition coefficient (Wildman–Crippen LogP) is 2.87. The maximum Gasteiger partial charge on any atom is 0.267 e. The Balaban J connectivity index is 1.89. The summed E-state index contributed by atoms with van der Waals surface area (Å²) in [5.41, 5.74) is 0. The highest BCUT2D eigenvalue weighted by Crippen LogP contribution is 2.27. The molecule has 1 amide bonds. The lowest BCUT2D eigenvalue weighted by molar-refractivity contribution is 0.0982. The molecule has 0 atom stereocenters. The highest BCUT2D eigenvalue weighted by atomic mass is 32.2. The zero-order valence-corrected chi connectivity index (χ0v) is 10.9. The van der Waals surface area contributed by atoms with Gasteiger partial charge in [-0.2, -0.15) is 0 Å². The summed E-state index contributed by atoms with van der Waals surface area (Å²) in [7, 11) is 0. The van der Waals surface area contributed by atoms with Gasteiger partial charge in [-0.15, -0.1) is 11.3 Å². The fourth-order valence-corrected chi connectivity index (χ4v) is 3.40. The zero-order valence-electron chi connectivity index (χ0n) is 9.27. The van der Waals surface area contributed by atoms with Gasteiger partial charge in [0.15, 0.2) is 5.17 Å². The van der Waals surface area contributed by atoms with Crippen LogP contribution in [0.15, 0.2) is 29.3 Å². The molecule has 0 aliphatic carbocycles. The number of amides is 1. The number of amidine groups is 1. The lowest BCUT2D eigenvalue weighted by Gasteiger charge is -2.00. The van der Waals surface area contributed by atoms with Gasteiger partial charge < -0.3 is 5.32 Å². The molecule has 2 aromatic rings. The molecule has 0 saturated carbocycles. The van der Waals surface area contributed by atoms with Gasteiger partial charge >= 0.3 is 0 Å². The SMILES string of the molecule is O=C(NC1=NCCS1)c1cc2c(F)cccc2s1. The first-order chi connectivity index (χ1) is 8.74. The number of nitrogens with zero attached hydrogens (tertiary/aromatic N) is 1. The molecule has 92 valence electrons. The first-order valence-corrected chi connectivity index (χ1v) is 7.21. The van der Waals surface area contributed by atoms with Gasteiger partial charge in [-0.25, -0.2) is 4.39 Å². The summed E-state index contributed by atoms with van der Waals surface area (Å²) in [4.78, 5) is 16.6. The van der Waals surface area contributed by atoms with Crippen molar-refractivity contribution in [3.63, 3.8) is 0 Å². The second-order valence-electron chi connectivity index (χ2n) is 3.75. The highest BCUT2D eigenvalue weighted by molar-refractivity contribution is 8.14. The molecule has 0 saturated heterocycles. The van der Waals surface area contributed by atoms with E-state index in [0.29, 0.717) is 15.4 Å². The van der Waals surface area contributed by atoms with E-state index in [1.807, 2.05) is 6.07 Å². The third kappa shape index (κ3) is 2.13. The molecule has 6 heteroatoms. The van der Waals surface area contributed by atoms with E-state index in [2.05, 4.69) is 10.3 Å². The number of fused-ring (bicyclic) bond motifs is 1. The monoisotopic (exact) mass is 280 g/mol. The molecule has 1 aliphatic heterocycles. The number of rotatable bonds is 1. The zero-order chi connectivity index (χ0) is 12.5. The minimum absolute atomic E-state index is 0.219. The molecule has 18 heavy (non-hydrogen) atoms. The minimum atomic E-state index is -0.296. The third-order valence-corrected chi connectivity index (χ3v) is 4.53. The van der Waals surface area contributed by atoms with Crippen molar-refractivity contribution >= 4 is 44.3 Å². The Morgan fingerprint density at radius 3 is 3.06 bits per heavy atom. The van der Waals surface area contributed by atoms with Crippen LogP contribution in [0.5, 0.6) is 0 Å². The van der Waals surface area contributed by atoms with Gasteiger partial charge in [0.25, 0.3) is 5.91 Å². The standard InChI is InChI=1S/C12H9FN2OS2/c13-8-2-1-3-9-7(8)6-10(18-9)11(16)15-12-14-4-5-17-12/h1-3,6H,4-5H2,(H,14,15,16). The van der Waals surface area contributed by atoms with Crippen LogP contribution in [0.1, 0.15) is 9.67 Å². The summed E-state index contributed by atoms with van der Waals surface area (Å²) < 4.78 is 14.3. The average molecular weight is 280 g/mol. The van der Waals surface area contributed by atoms with E-state index < -0.39 is 0 Å². The van der Waals surface area contributed by atoms with Crippen molar-refractivity contribution in [3.8, 4) is 0 Å². The van der Waals surface area contributed by atoms with Crippen LogP contribution in [-0.4, -0.2) is 23.4 Å². The van der Waals surface area contributed by atoms with Gasteiger partial charge in [0.05, 0.1) is 11.4 Å². The first-order valence-electron chi connectivity index (χ1n) is 5.41. The van der Waals surface area contributed by atoms with Crippen LogP contribution in [0.3, 0.4) is 0 Å². The van der Waals surface area contributed by atoms with E-state index in [9.17, 15) is 9.18 Å². The Bertz CT molecular complexity index is 651. The quantitative estimate of drug-likeness (QED) is 0.872. The van der Waals surface area contributed by atoms with E-state index >= 15 is 0 Å². The van der Waals surface area contributed by atoms with E-state index in [-0.39, 0.29) is 11.7 Å². The molecule has 0 spiro atoms. The number of benzene rings is 1. The second-order valence-corrected chi connectivity index (χ2v) is 5.92. The lowest BCUT2D eigenvalue weighted by atomic mass is 10.2. The van der Waals surface area contributed by atoms with Crippen molar-refractivity contribution in [3.05, 3.63) is 35.0 Å². The Hall–Kier alpha value is -1.40.